The molecule has 0 radical (unpaired) electrons. The van der Waals surface area contributed by atoms with E-state index in [-0.39, 0.29) is 11.9 Å². The Morgan fingerprint density at radius 1 is 1.73 bits per heavy atom. The van der Waals surface area contributed by atoms with Crippen LogP contribution >= 0.6 is 11.3 Å². The highest BCUT2D eigenvalue weighted by Crippen LogP contribution is 2.33. The molecule has 15 heavy (non-hydrogen) atoms. The fourth-order valence-electron chi connectivity index (χ4n) is 2.24. The summed E-state index contributed by atoms with van der Waals surface area (Å²) in [5.41, 5.74) is 6.98. The topological polar surface area (TPSA) is 53.1 Å². The minimum atomic E-state index is 0.0491. The number of nitrogens with zero attached hydrogens (tertiary/aromatic N) is 1. The van der Waals surface area contributed by atoms with Gasteiger partial charge in [0.1, 0.15) is 5.84 Å². The zero-order valence-electron chi connectivity index (χ0n) is 9.16. The average Bonchev–Trinajstić information content (AvgIpc) is 2.66. The van der Waals surface area contributed by atoms with Crippen LogP contribution in [0, 0.1) is 5.41 Å². The molecule has 82 valence electrons. The van der Waals surface area contributed by atoms with Crippen molar-refractivity contribution in [2.24, 2.45) is 5.73 Å². The van der Waals surface area contributed by atoms with Crippen LogP contribution in [-0.4, -0.2) is 23.3 Å². The number of hydrogen-bond donors (Lipinski definition) is 2. The van der Waals surface area contributed by atoms with Gasteiger partial charge in [-0.2, -0.15) is 0 Å². The molecule has 1 aliphatic heterocycles. The van der Waals surface area contributed by atoms with E-state index in [2.05, 4.69) is 23.3 Å². The Hall–Kier alpha value is -0.870. The van der Waals surface area contributed by atoms with Gasteiger partial charge in [-0.3, -0.25) is 10.3 Å². The van der Waals surface area contributed by atoms with Crippen molar-refractivity contribution in [3.8, 4) is 0 Å². The molecule has 0 aromatic carbocycles. The maximum atomic E-state index is 7.51. The molecule has 1 aromatic heterocycles. The lowest BCUT2D eigenvalue weighted by molar-refractivity contribution is 0.180. The van der Waals surface area contributed by atoms with Gasteiger partial charge in [-0.25, -0.2) is 0 Å². The predicted molar refractivity (Wildman–Crippen MR) is 64.5 cm³/mol. The van der Waals surface area contributed by atoms with Crippen LogP contribution in [-0.2, 0) is 6.42 Å². The lowest BCUT2D eigenvalue weighted by Gasteiger charge is -2.37. The quantitative estimate of drug-likeness (QED) is 0.595. The van der Waals surface area contributed by atoms with Crippen LogP contribution in [0.5, 0.6) is 0 Å². The molecule has 0 bridgehead atoms. The van der Waals surface area contributed by atoms with E-state index in [1.54, 1.807) is 0 Å². The van der Waals surface area contributed by atoms with E-state index in [1.165, 1.54) is 10.4 Å². The van der Waals surface area contributed by atoms with Crippen molar-refractivity contribution in [1.82, 2.24) is 4.90 Å². The number of amidine groups is 1. The molecule has 2 unspecified atom stereocenters. The zero-order valence-corrected chi connectivity index (χ0v) is 9.97. The summed E-state index contributed by atoms with van der Waals surface area (Å²) in [7, 11) is 0. The van der Waals surface area contributed by atoms with Gasteiger partial charge in [-0.1, -0.05) is 0 Å². The lowest BCUT2D eigenvalue weighted by Crippen LogP contribution is -2.46. The van der Waals surface area contributed by atoms with E-state index < -0.39 is 0 Å². The first kappa shape index (κ1) is 10.6. The third-order valence-electron chi connectivity index (χ3n) is 3.27. The summed E-state index contributed by atoms with van der Waals surface area (Å²) in [6, 6.07) is 2.64. The minimum Gasteiger partial charge on any atom is -0.386 e. The van der Waals surface area contributed by atoms with Gasteiger partial charge in [0.25, 0.3) is 0 Å². The van der Waals surface area contributed by atoms with Crippen molar-refractivity contribution < 1.29 is 0 Å². The summed E-state index contributed by atoms with van der Waals surface area (Å²) in [5, 5.41) is 9.67. The Kier molecular flexibility index (Phi) is 2.80. The van der Waals surface area contributed by atoms with Crippen LogP contribution in [0.1, 0.15) is 30.3 Å². The van der Waals surface area contributed by atoms with Crippen molar-refractivity contribution in [1.29, 1.82) is 5.41 Å². The number of rotatable bonds is 2. The second-order valence-electron chi connectivity index (χ2n) is 4.09. The first-order chi connectivity index (χ1) is 7.11. The van der Waals surface area contributed by atoms with Crippen molar-refractivity contribution >= 4 is 17.2 Å². The minimum absolute atomic E-state index is 0.0491. The number of nitrogens with one attached hydrogen (secondary N) is 1. The Balaban J connectivity index is 2.23. The summed E-state index contributed by atoms with van der Waals surface area (Å²) < 4.78 is 0. The summed E-state index contributed by atoms with van der Waals surface area (Å²) in [5.74, 6) is 0.264. The molecule has 2 atom stereocenters. The van der Waals surface area contributed by atoms with Gasteiger partial charge in [0.2, 0.25) is 0 Å². The molecule has 1 aliphatic rings. The smallest absolute Gasteiger partial charge is 0.108 e. The van der Waals surface area contributed by atoms with Gasteiger partial charge in [0.15, 0.2) is 0 Å². The lowest BCUT2D eigenvalue weighted by atomic mass is 9.99. The molecule has 0 spiro atoms. The second-order valence-corrected chi connectivity index (χ2v) is 5.09. The molecule has 3 N–H and O–H groups in total. The Labute approximate surface area is 94.4 Å². The molecule has 0 fully saturated rings. The van der Waals surface area contributed by atoms with E-state index in [0.717, 1.165) is 13.0 Å². The van der Waals surface area contributed by atoms with Gasteiger partial charge >= 0.3 is 0 Å². The van der Waals surface area contributed by atoms with Crippen LogP contribution in [0.2, 0.25) is 0 Å². The number of hydrogen-bond acceptors (Lipinski definition) is 3. The van der Waals surface area contributed by atoms with Gasteiger partial charge < -0.3 is 5.73 Å². The van der Waals surface area contributed by atoms with Crippen molar-refractivity contribution in [3.05, 3.63) is 21.9 Å². The van der Waals surface area contributed by atoms with Gasteiger partial charge in [-0.15, -0.1) is 11.3 Å². The Morgan fingerprint density at radius 3 is 3.13 bits per heavy atom. The molecule has 2 heterocycles. The van der Waals surface area contributed by atoms with Crippen molar-refractivity contribution in [3.63, 3.8) is 0 Å². The maximum Gasteiger partial charge on any atom is 0.108 e. The fraction of sp³-hybridized carbons (Fsp3) is 0.545. The van der Waals surface area contributed by atoms with Crippen molar-refractivity contribution in [2.75, 3.05) is 6.54 Å². The summed E-state index contributed by atoms with van der Waals surface area (Å²) in [4.78, 5) is 3.80. The van der Waals surface area contributed by atoms with Crippen LogP contribution in [0.25, 0.3) is 0 Å². The van der Waals surface area contributed by atoms with Crippen molar-refractivity contribution in [2.45, 2.75) is 32.4 Å². The largest absolute Gasteiger partial charge is 0.386 e. The molecule has 0 saturated carbocycles. The average molecular weight is 223 g/mol. The highest BCUT2D eigenvalue weighted by molar-refractivity contribution is 7.10. The Bertz CT molecular complexity index is 372. The third-order valence-corrected chi connectivity index (χ3v) is 4.27. The first-order valence-corrected chi connectivity index (χ1v) is 6.15. The molecule has 0 aliphatic carbocycles. The second kappa shape index (κ2) is 3.94. The maximum absolute atomic E-state index is 7.51. The van der Waals surface area contributed by atoms with Crippen LogP contribution in [0.3, 0.4) is 0 Å². The molecule has 4 heteroatoms. The van der Waals surface area contributed by atoms with Gasteiger partial charge in [0, 0.05) is 17.5 Å². The zero-order chi connectivity index (χ0) is 11.0. The number of thiophene rings is 1. The molecular weight excluding hydrogens is 206 g/mol. The SMILES string of the molecule is CC(C(=N)N)N1CCc2sccc2C1C. The van der Waals surface area contributed by atoms with Gasteiger partial charge in [0.05, 0.1) is 6.04 Å². The van der Waals surface area contributed by atoms with Gasteiger partial charge in [-0.05, 0) is 37.3 Å². The first-order valence-electron chi connectivity index (χ1n) is 5.27. The monoisotopic (exact) mass is 223 g/mol. The molecule has 0 amide bonds. The van der Waals surface area contributed by atoms with E-state index in [0.29, 0.717) is 6.04 Å². The standard InChI is InChI=1S/C11H17N3S/c1-7-9-4-6-15-10(9)3-5-14(7)8(2)11(12)13/h4,6-8H,3,5H2,1-2H3,(H3,12,13). The fourth-order valence-corrected chi connectivity index (χ4v) is 3.20. The van der Waals surface area contributed by atoms with E-state index in [9.17, 15) is 0 Å². The van der Waals surface area contributed by atoms with E-state index >= 15 is 0 Å². The Morgan fingerprint density at radius 2 is 2.47 bits per heavy atom. The number of nitrogens with two attached hydrogens (primary N) is 1. The van der Waals surface area contributed by atoms with E-state index in [1.807, 2.05) is 18.3 Å². The molecular formula is C11H17N3S. The third kappa shape index (κ3) is 1.79. The highest BCUT2D eigenvalue weighted by Gasteiger charge is 2.28. The summed E-state index contributed by atoms with van der Waals surface area (Å²) in [6.45, 7) is 5.22. The number of fused-ring (bicyclic) bond motifs is 1. The van der Waals surface area contributed by atoms with Crippen LogP contribution in [0.15, 0.2) is 11.4 Å². The highest BCUT2D eigenvalue weighted by atomic mass is 32.1. The summed E-state index contributed by atoms with van der Waals surface area (Å²) >= 11 is 1.84. The van der Waals surface area contributed by atoms with E-state index in [4.69, 9.17) is 11.1 Å². The normalized spacial score (nSPS) is 23.5. The molecule has 2 rings (SSSR count). The molecule has 1 aromatic rings. The molecule has 3 nitrogen and oxygen atoms in total. The predicted octanol–water partition coefficient (Wildman–Crippen LogP) is 1.99. The van der Waals surface area contributed by atoms with Crippen LogP contribution in [0.4, 0.5) is 0 Å². The molecule has 0 saturated heterocycles. The summed E-state index contributed by atoms with van der Waals surface area (Å²) in [6.07, 6.45) is 1.09. The van der Waals surface area contributed by atoms with Crippen LogP contribution < -0.4 is 5.73 Å².